The van der Waals surface area contributed by atoms with Gasteiger partial charge >= 0.3 is 6.18 Å². The smallest absolute Gasteiger partial charge is 0.387 e. The lowest BCUT2D eigenvalue weighted by Crippen LogP contribution is -2.24. The third kappa shape index (κ3) is 5.25. The molecular weight excluding hydrogens is 375 g/mol. The van der Waals surface area contributed by atoms with Crippen LogP contribution in [0.5, 0.6) is 0 Å². The molecule has 0 aliphatic rings. The predicted octanol–water partition coefficient (Wildman–Crippen LogP) is 6.07. The molecule has 0 aliphatic heterocycles. The van der Waals surface area contributed by atoms with Crippen LogP contribution in [0.4, 0.5) is 13.2 Å². The van der Waals surface area contributed by atoms with E-state index in [4.69, 9.17) is 0 Å². The Balaban J connectivity index is 1.70. The number of rotatable bonds is 6. The molecule has 3 rings (SSSR count). The first-order valence-electron chi connectivity index (χ1n) is 9.50. The molecule has 0 aliphatic carbocycles. The second kappa shape index (κ2) is 8.80. The summed E-state index contributed by atoms with van der Waals surface area (Å²) in [5, 5.41) is 13.6. The van der Waals surface area contributed by atoms with Crippen LogP contribution in [0, 0.1) is 6.92 Å². The van der Waals surface area contributed by atoms with E-state index in [1.165, 1.54) is 12.1 Å². The standard InChI is InChI=1S/C24H24F3NO/c1-16-8-13-21(24(25,26)27)14-22(16)19-11-9-18(10-12-19)17(2)28-15-23(29)20-6-4-3-5-7-20/h3-14,17,23,28-29H,15H2,1-2H3. The van der Waals surface area contributed by atoms with Crippen LogP contribution < -0.4 is 5.32 Å². The summed E-state index contributed by atoms with van der Waals surface area (Å²) >= 11 is 0. The van der Waals surface area contributed by atoms with E-state index in [0.717, 1.165) is 28.3 Å². The highest BCUT2D eigenvalue weighted by atomic mass is 19.4. The molecule has 0 amide bonds. The highest BCUT2D eigenvalue weighted by Gasteiger charge is 2.30. The lowest BCUT2D eigenvalue weighted by atomic mass is 9.96. The fourth-order valence-corrected chi connectivity index (χ4v) is 3.26. The number of alkyl halides is 3. The monoisotopic (exact) mass is 399 g/mol. The topological polar surface area (TPSA) is 32.3 Å². The average Bonchev–Trinajstić information content (AvgIpc) is 2.72. The fraction of sp³-hybridized carbons (Fsp3) is 0.250. The summed E-state index contributed by atoms with van der Waals surface area (Å²) in [6, 6.07) is 20.7. The molecule has 2 unspecified atom stereocenters. The molecule has 2 atom stereocenters. The SMILES string of the molecule is Cc1ccc(C(F)(F)F)cc1-c1ccc(C(C)NCC(O)c2ccccc2)cc1. The van der Waals surface area contributed by atoms with E-state index in [2.05, 4.69) is 5.32 Å². The molecule has 152 valence electrons. The third-order valence-electron chi connectivity index (χ3n) is 5.09. The van der Waals surface area contributed by atoms with Gasteiger partial charge in [0.05, 0.1) is 11.7 Å². The van der Waals surface area contributed by atoms with Crippen molar-refractivity contribution in [2.24, 2.45) is 0 Å². The number of nitrogens with one attached hydrogen (secondary N) is 1. The average molecular weight is 399 g/mol. The Hall–Kier alpha value is -2.63. The fourth-order valence-electron chi connectivity index (χ4n) is 3.26. The maximum absolute atomic E-state index is 13.0. The van der Waals surface area contributed by atoms with Gasteiger partial charge < -0.3 is 10.4 Å². The van der Waals surface area contributed by atoms with Crippen LogP contribution in [0.3, 0.4) is 0 Å². The van der Waals surface area contributed by atoms with Gasteiger partial charge in [-0.25, -0.2) is 0 Å². The molecule has 29 heavy (non-hydrogen) atoms. The molecule has 0 heterocycles. The van der Waals surface area contributed by atoms with Crippen LogP contribution in [-0.2, 0) is 6.18 Å². The zero-order valence-electron chi connectivity index (χ0n) is 16.4. The van der Waals surface area contributed by atoms with Gasteiger partial charge in [0.25, 0.3) is 0 Å². The van der Waals surface area contributed by atoms with E-state index in [9.17, 15) is 18.3 Å². The summed E-state index contributed by atoms with van der Waals surface area (Å²) in [7, 11) is 0. The van der Waals surface area contributed by atoms with Gasteiger partial charge in [-0.2, -0.15) is 13.2 Å². The van der Waals surface area contributed by atoms with Gasteiger partial charge in [0.2, 0.25) is 0 Å². The normalized spacial score (nSPS) is 13.9. The summed E-state index contributed by atoms with van der Waals surface area (Å²) in [5.41, 5.74) is 3.32. The van der Waals surface area contributed by atoms with Gasteiger partial charge in [0.1, 0.15) is 0 Å². The van der Waals surface area contributed by atoms with Crippen molar-refractivity contribution in [2.45, 2.75) is 32.2 Å². The molecule has 0 bridgehead atoms. The minimum absolute atomic E-state index is 0.00924. The summed E-state index contributed by atoms with van der Waals surface area (Å²) in [5.74, 6) is 0. The summed E-state index contributed by atoms with van der Waals surface area (Å²) < 4.78 is 39.1. The largest absolute Gasteiger partial charge is 0.416 e. The zero-order chi connectivity index (χ0) is 21.0. The van der Waals surface area contributed by atoms with Crippen molar-refractivity contribution in [3.63, 3.8) is 0 Å². The van der Waals surface area contributed by atoms with Crippen molar-refractivity contribution < 1.29 is 18.3 Å². The Morgan fingerprint density at radius 1 is 0.897 bits per heavy atom. The van der Waals surface area contributed by atoms with Crippen molar-refractivity contribution in [3.05, 3.63) is 95.1 Å². The maximum Gasteiger partial charge on any atom is 0.416 e. The van der Waals surface area contributed by atoms with E-state index < -0.39 is 17.8 Å². The second-order valence-corrected chi connectivity index (χ2v) is 7.21. The van der Waals surface area contributed by atoms with Crippen molar-refractivity contribution in [2.75, 3.05) is 6.54 Å². The van der Waals surface area contributed by atoms with E-state index in [1.807, 2.05) is 61.5 Å². The molecule has 2 nitrogen and oxygen atoms in total. The Bertz CT molecular complexity index is 937. The molecule has 0 spiro atoms. The Morgan fingerprint density at radius 2 is 1.55 bits per heavy atom. The first kappa shape index (κ1) is 21.1. The van der Waals surface area contributed by atoms with Gasteiger partial charge in [-0.1, -0.05) is 60.7 Å². The highest BCUT2D eigenvalue weighted by Crippen LogP contribution is 2.34. The van der Waals surface area contributed by atoms with E-state index >= 15 is 0 Å². The molecule has 2 N–H and O–H groups in total. The molecule has 0 saturated carbocycles. The van der Waals surface area contributed by atoms with Gasteiger partial charge in [-0.3, -0.25) is 0 Å². The second-order valence-electron chi connectivity index (χ2n) is 7.21. The maximum atomic E-state index is 13.0. The molecular formula is C24H24F3NO. The van der Waals surface area contributed by atoms with E-state index in [0.29, 0.717) is 12.1 Å². The Labute approximate surface area is 169 Å². The lowest BCUT2D eigenvalue weighted by Gasteiger charge is -2.18. The number of benzene rings is 3. The molecule has 3 aromatic carbocycles. The predicted molar refractivity (Wildman–Crippen MR) is 109 cm³/mol. The van der Waals surface area contributed by atoms with Crippen molar-refractivity contribution in [3.8, 4) is 11.1 Å². The van der Waals surface area contributed by atoms with Crippen LogP contribution in [0.2, 0.25) is 0 Å². The summed E-state index contributed by atoms with van der Waals surface area (Å²) in [6.45, 7) is 4.19. The van der Waals surface area contributed by atoms with E-state index in [-0.39, 0.29) is 6.04 Å². The number of aliphatic hydroxyl groups excluding tert-OH is 1. The van der Waals surface area contributed by atoms with Crippen LogP contribution in [0.15, 0.2) is 72.8 Å². The van der Waals surface area contributed by atoms with Crippen LogP contribution in [-0.4, -0.2) is 11.7 Å². The van der Waals surface area contributed by atoms with Crippen LogP contribution >= 0.6 is 0 Å². The molecule has 3 aromatic rings. The third-order valence-corrected chi connectivity index (χ3v) is 5.09. The molecule has 0 saturated heterocycles. The number of hydrogen-bond acceptors (Lipinski definition) is 2. The Kier molecular flexibility index (Phi) is 6.40. The van der Waals surface area contributed by atoms with Crippen molar-refractivity contribution in [1.29, 1.82) is 0 Å². The summed E-state index contributed by atoms with van der Waals surface area (Å²) in [4.78, 5) is 0. The highest BCUT2D eigenvalue weighted by molar-refractivity contribution is 5.68. The van der Waals surface area contributed by atoms with Gasteiger partial charge in [0.15, 0.2) is 0 Å². The molecule has 0 radical (unpaired) electrons. The molecule has 0 aromatic heterocycles. The van der Waals surface area contributed by atoms with Gasteiger partial charge in [-0.05, 0) is 53.8 Å². The number of aryl methyl sites for hydroxylation is 1. The van der Waals surface area contributed by atoms with Gasteiger partial charge in [0, 0.05) is 12.6 Å². The van der Waals surface area contributed by atoms with Crippen molar-refractivity contribution >= 4 is 0 Å². The minimum Gasteiger partial charge on any atom is -0.387 e. The Morgan fingerprint density at radius 3 is 2.17 bits per heavy atom. The first-order chi connectivity index (χ1) is 13.8. The van der Waals surface area contributed by atoms with E-state index in [1.54, 1.807) is 6.92 Å². The first-order valence-corrected chi connectivity index (χ1v) is 9.50. The molecule has 5 heteroatoms. The number of halogens is 3. The minimum atomic E-state index is -4.36. The number of aliphatic hydroxyl groups is 1. The molecule has 0 fully saturated rings. The summed E-state index contributed by atoms with van der Waals surface area (Å²) in [6.07, 6.45) is -4.97. The lowest BCUT2D eigenvalue weighted by molar-refractivity contribution is -0.137. The van der Waals surface area contributed by atoms with Gasteiger partial charge in [-0.15, -0.1) is 0 Å². The van der Waals surface area contributed by atoms with Crippen LogP contribution in [0.25, 0.3) is 11.1 Å². The quantitative estimate of drug-likeness (QED) is 0.528. The number of hydrogen-bond donors (Lipinski definition) is 2. The van der Waals surface area contributed by atoms with Crippen LogP contribution in [0.1, 0.15) is 41.3 Å². The van der Waals surface area contributed by atoms with Crippen molar-refractivity contribution in [1.82, 2.24) is 5.32 Å². The zero-order valence-corrected chi connectivity index (χ0v) is 16.4.